The molecular formula is C12H13N3OS. The van der Waals surface area contributed by atoms with Crippen LogP contribution in [-0.2, 0) is 0 Å². The Morgan fingerprint density at radius 1 is 1.35 bits per heavy atom. The van der Waals surface area contributed by atoms with Crippen LogP contribution >= 0.6 is 11.3 Å². The highest BCUT2D eigenvalue weighted by molar-refractivity contribution is 7.13. The van der Waals surface area contributed by atoms with Gasteiger partial charge in [0.05, 0.1) is 19.0 Å². The van der Waals surface area contributed by atoms with Gasteiger partial charge in [0.1, 0.15) is 5.75 Å². The highest BCUT2D eigenvalue weighted by Gasteiger charge is 1.94. The summed E-state index contributed by atoms with van der Waals surface area (Å²) in [5.41, 5.74) is 4.89. The molecule has 88 valence electrons. The number of thiazole rings is 1. The fraction of sp³-hybridized carbons (Fsp3) is 0.167. The summed E-state index contributed by atoms with van der Waals surface area (Å²) in [6, 6.07) is 7.68. The largest absolute Gasteiger partial charge is 0.497 e. The van der Waals surface area contributed by atoms with Gasteiger partial charge in [-0.15, -0.1) is 11.3 Å². The summed E-state index contributed by atoms with van der Waals surface area (Å²) < 4.78 is 5.08. The van der Waals surface area contributed by atoms with Crippen molar-refractivity contribution in [3.63, 3.8) is 0 Å². The van der Waals surface area contributed by atoms with E-state index in [2.05, 4.69) is 15.5 Å². The Kier molecular flexibility index (Phi) is 3.72. The lowest BCUT2D eigenvalue weighted by atomic mass is 10.2. The molecule has 1 aromatic heterocycles. The van der Waals surface area contributed by atoms with E-state index in [0.717, 1.165) is 22.1 Å². The predicted octanol–water partition coefficient (Wildman–Crippen LogP) is 2.91. The molecule has 0 aliphatic rings. The van der Waals surface area contributed by atoms with E-state index in [1.54, 1.807) is 13.3 Å². The molecule has 1 heterocycles. The first-order valence-electron chi connectivity index (χ1n) is 5.13. The van der Waals surface area contributed by atoms with Gasteiger partial charge >= 0.3 is 0 Å². The van der Waals surface area contributed by atoms with E-state index in [9.17, 15) is 0 Å². The number of hydrogen-bond donors (Lipinski definition) is 1. The standard InChI is InChI=1S/C12H13N3OS/c1-9-8-17-12(14-9)15-13-7-10-3-5-11(16-2)6-4-10/h3-8H,1-2H3,(H,14,15). The van der Waals surface area contributed by atoms with Crippen LogP contribution in [0.15, 0.2) is 34.7 Å². The SMILES string of the molecule is COc1ccc(C=NNc2nc(C)cs2)cc1. The number of nitrogens with zero attached hydrogens (tertiary/aromatic N) is 2. The van der Waals surface area contributed by atoms with Gasteiger partial charge in [-0.3, -0.25) is 5.43 Å². The Morgan fingerprint density at radius 3 is 2.71 bits per heavy atom. The Bertz CT molecular complexity index is 505. The van der Waals surface area contributed by atoms with Gasteiger partial charge in [0.2, 0.25) is 5.13 Å². The minimum atomic E-state index is 0.798. The van der Waals surface area contributed by atoms with Gasteiger partial charge in [0.25, 0.3) is 0 Å². The molecule has 0 fully saturated rings. The van der Waals surface area contributed by atoms with Crippen molar-refractivity contribution in [1.82, 2.24) is 4.98 Å². The quantitative estimate of drug-likeness (QED) is 0.667. The number of ether oxygens (including phenoxy) is 1. The molecule has 4 nitrogen and oxygen atoms in total. The molecule has 0 saturated heterocycles. The van der Waals surface area contributed by atoms with Crippen LogP contribution in [0.5, 0.6) is 5.75 Å². The smallest absolute Gasteiger partial charge is 0.203 e. The molecular weight excluding hydrogens is 234 g/mol. The van der Waals surface area contributed by atoms with E-state index in [-0.39, 0.29) is 0 Å². The van der Waals surface area contributed by atoms with E-state index >= 15 is 0 Å². The molecule has 0 amide bonds. The molecule has 0 unspecified atom stereocenters. The molecule has 0 saturated carbocycles. The summed E-state index contributed by atoms with van der Waals surface area (Å²) in [5.74, 6) is 0.839. The van der Waals surface area contributed by atoms with Gasteiger partial charge in [-0.25, -0.2) is 4.98 Å². The van der Waals surface area contributed by atoms with Gasteiger partial charge in [0, 0.05) is 5.38 Å². The molecule has 17 heavy (non-hydrogen) atoms. The number of hydrazone groups is 1. The molecule has 5 heteroatoms. The maximum absolute atomic E-state index is 5.08. The average molecular weight is 247 g/mol. The monoisotopic (exact) mass is 247 g/mol. The van der Waals surface area contributed by atoms with Crippen LogP contribution in [0.4, 0.5) is 5.13 Å². The second kappa shape index (κ2) is 5.45. The number of aromatic nitrogens is 1. The van der Waals surface area contributed by atoms with Crippen LogP contribution in [0.25, 0.3) is 0 Å². The minimum Gasteiger partial charge on any atom is -0.497 e. The molecule has 0 aliphatic carbocycles. The topological polar surface area (TPSA) is 46.5 Å². The van der Waals surface area contributed by atoms with E-state index in [1.807, 2.05) is 36.6 Å². The zero-order valence-electron chi connectivity index (χ0n) is 9.68. The van der Waals surface area contributed by atoms with Crippen molar-refractivity contribution in [3.05, 3.63) is 40.9 Å². The van der Waals surface area contributed by atoms with Crippen molar-refractivity contribution < 1.29 is 4.74 Å². The third kappa shape index (κ3) is 3.29. The highest BCUT2D eigenvalue weighted by atomic mass is 32.1. The number of rotatable bonds is 4. The summed E-state index contributed by atoms with van der Waals surface area (Å²) >= 11 is 1.53. The number of aryl methyl sites for hydroxylation is 1. The molecule has 0 spiro atoms. The molecule has 2 rings (SSSR count). The number of hydrogen-bond acceptors (Lipinski definition) is 5. The maximum atomic E-state index is 5.08. The predicted molar refractivity (Wildman–Crippen MR) is 71.1 cm³/mol. The first kappa shape index (κ1) is 11.6. The van der Waals surface area contributed by atoms with Crippen molar-refractivity contribution >= 4 is 22.7 Å². The van der Waals surface area contributed by atoms with Crippen molar-refractivity contribution in [1.29, 1.82) is 0 Å². The summed E-state index contributed by atoms with van der Waals surface area (Å²) in [5, 5.41) is 6.89. The van der Waals surface area contributed by atoms with Gasteiger partial charge in [0.15, 0.2) is 0 Å². The molecule has 2 aromatic rings. The lowest BCUT2D eigenvalue weighted by Crippen LogP contribution is -1.90. The molecule has 1 aromatic carbocycles. The van der Waals surface area contributed by atoms with Crippen LogP contribution in [0.3, 0.4) is 0 Å². The van der Waals surface area contributed by atoms with E-state index in [0.29, 0.717) is 0 Å². The maximum Gasteiger partial charge on any atom is 0.203 e. The fourth-order valence-corrected chi connectivity index (χ4v) is 1.89. The Hall–Kier alpha value is -1.88. The highest BCUT2D eigenvalue weighted by Crippen LogP contribution is 2.14. The van der Waals surface area contributed by atoms with Gasteiger partial charge < -0.3 is 4.74 Å². The van der Waals surface area contributed by atoms with Crippen LogP contribution < -0.4 is 10.2 Å². The fourth-order valence-electron chi connectivity index (χ4n) is 1.26. The molecule has 0 atom stereocenters. The molecule has 1 N–H and O–H groups in total. The average Bonchev–Trinajstić information content (AvgIpc) is 2.76. The number of methoxy groups -OCH3 is 1. The Balaban J connectivity index is 1.95. The Morgan fingerprint density at radius 2 is 2.12 bits per heavy atom. The van der Waals surface area contributed by atoms with Crippen molar-refractivity contribution in [3.8, 4) is 5.75 Å². The number of anilines is 1. The summed E-state index contributed by atoms with van der Waals surface area (Å²) in [6.45, 7) is 1.95. The van der Waals surface area contributed by atoms with Gasteiger partial charge in [-0.05, 0) is 36.8 Å². The van der Waals surface area contributed by atoms with Crippen LogP contribution in [0.2, 0.25) is 0 Å². The summed E-state index contributed by atoms with van der Waals surface area (Å²) in [7, 11) is 1.65. The van der Waals surface area contributed by atoms with E-state index in [4.69, 9.17) is 4.74 Å². The van der Waals surface area contributed by atoms with Crippen LogP contribution in [-0.4, -0.2) is 18.3 Å². The van der Waals surface area contributed by atoms with Crippen molar-refractivity contribution in [2.75, 3.05) is 12.5 Å². The van der Waals surface area contributed by atoms with Gasteiger partial charge in [-0.2, -0.15) is 5.10 Å². The normalized spacial score (nSPS) is 10.7. The lowest BCUT2D eigenvalue weighted by molar-refractivity contribution is 0.415. The van der Waals surface area contributed by atoms with Crippen molar-refractivity contribution in [2.24, 2.45) is 5.10 Å². The Labute approximate surface area is 104 Å². The zero-order valence-corrected chi connectivity index (χ0v) is 10.5. The van der Waals surface area contributed by atoms with Crippen LogP contribution in [0, 0.1) is 6.92 Å². The van der Waals surface area contributed by atoms with E-state index in [1.165, 1.54) is 11.3 Å². The van der Waals surface area contributed by atoms with Crippen molar-refractivity contribution in [2.45, 2.75) is 6.92 Å². The summed E-state index contributed by atoms with van der Waals surface area (Å²) in [4.78, 5) is 4.24. The van der Waals surface area contributed by atoms with Gasteiger partial charge in [-0.1, -0.05) is 0 Å². The lowest BCUT2D eigenvalue weighted by Gasteiger charge is -1.98. The van der Waals surface area contributed by atoms with Crippen LogP contribution in [0.1, 0.15) is 11.3 Å². The molecule has 0 radical (unpaired) electrons. The first-order valence-corrected chi connectivity index (χ1v) is 6.01. The third-order valence-electron chi connectivity index (χ3n) is 2.11. The zero-order chi connectivity index (χ0) is 12.1. The summed E-state index contributed by atoms with van der Waals surface area (Å²) in [6.07, 6.45) is 1.75. The molecule has 0 bridgehead atoms. The van der Waals surface area contributed by atoms with E-state index < -0.39 is 0 Å². The third-order valence-corrected chi connectivity index (χ3v) is 2.97. The minimum absolute atomic E-state index is 0.798. The number of nitrogens with one attached hydrogen (secondary N) is 1. The second-order valence-corrected chi connectivity index (χ2v) is 4.30. The molecule has 0 aliphatic heterocycles. The first-order chi connectivity index (χ1) is 8.28. The number of benzene rings is 1. The second-order valence-electron chi connectivity index (χ2n) is 3.44.